The maximum absolute atomic E-state index is 12.9. The van der Waals surface area contributed by atoms with Gasteiger partial charge in [-0.3, -0.25) is 4.79 Å². The third kappa shape index (κ3) is 4.05. The molecule has 1 fully saturated rings. The quantitative estimate of drug-likeness (QED) is 0.767. The Morgan fingerprint density at radius 2 is 2.04 bits per heavy atom. The lowest BCUT2D eigenvalue weighted by atomic mass is 10.2. The number of hydrogen-bond donors (Lipinski definition) is 0. The van der Waals surface area contributed by atoms with E-state index < -0.39 is 26.4 Å². The van der Waals surface area contributed by atoms with Crippen molar-refractivity contribution >= 4 is 15.7 Å². The minimum absolute atomic E-state index is 0.199. The van der Waals surface area contributed by atoms with Crippen molar-refractivity contribution in [2.75, 3.05) is 13.1 Å². The lowest BCUT2D eigenvalue weighted by molar-refractivity contribution is 0.0767. The van der Waals surface area contributed by atoms with Crippen molar-refractivity contribution in [1.82, 2.24) is 14.9 Å². The van der Waals surface area contributed by atoms with Crippen LogP contribution in [0.15, 0.2) is 41.4 Å². The largest absolute Gasteiger partial charge is 0.472 e. The van der Waals surface area contributed by atoms with Gasteiger partial charge in [0.15, 0.2) is 0 Å². The van der Waals surface area contributed by atoms with Gasteiger partial charge in [-0.1, -0.05) is 12.1 Å². The van der Waals surface area contributed by atoms with Crippen LogP contribution >= 0.6 is 0 Å². The molecule has 144 valence electrons. The molecule has 1 amide bonds. The zero-order valence-corrected chi connectivity index (χ0v) is 15.2. The van der Waals surface area contributed by atoms with Gasteiger partial charge in [-0.25, -0.2) is 13.4 Å². The number of carbonyl (C=O) groups excluding carboxylic acids is 1. The van der Waals surface area contributed by atoms with Crippen LogP contribution in [0.3, 0.4) is 0 Å². The first-order valence-corrected chi connectivity index (χ1v) is 9.70. The van der Waals surface area contributed by atoms with Crippen LogP contribution in [0.2, 0.25) is 0 Å². The van der Waals surface area contributed by atoms with Crippen molar-refractivity contribution in [2.24, 2.45) is 0 Å². The molecule has 2 heterocycles. The summed E-state index contributed by atoms with van der Waals surface area (Å²) in [6, 6.07) is 6.59. The monoisotopic (exact) mass is 397 g/mol. The molecule has 1 aliphatic rings. The smallest absolute Gasteiger partial charge is 0.341 e. The molecule has 2 aromatic rings. The van der Waals surface area contributed by atoms with Gasteiger partial charge in [0, 0.05) is 25.2 Å². The standard InChI is InChI=1S/C17H17F2N3O4S/c1-11-20-8-6-15(21-11)26-12-7-9-22(10-12)16(23)13-4-2-3-5-14(13)27(24,25)17(18)19/h2-6,8,12,17H,7,9-10H2,1H3/t12-/m0/s1. The molecule has 0 N–H and O–H groups in total. The second-order valence-corrected chi connectivity index (χ2v) is 7.91. The van der Waals surface area contributed by atoms with Crippen LogP contribution in [0.25, 0.3) is 0 Å². The van der Waals surface area contributed by atoms with Gasteiger partial charge >= 0.3 is 5.76 Å². The number of amides is 1. The highest BCUT2D eigenvalue weighted by Gasteiger charge is 2.34. The van der Waals surface area contributed by atoms with Crippen LogP contribution in [0.4, 0.5) is 8.78 Å². The van der Waals surface area contributed by atoms with Crippen molar-refractivity contribution < 1.29 is 26.7 Å². The number of likely N-dealkylation sites (tertiary alicyclic amines) is 1. The molecule has 7 nitrogen and oxygen atoms in total. The molecule has 1 atom stereocenters. The highest BCUT2D eigenvalue weighted by molar-refractivity contribution is 7.91. The number of sulfone groups is 1. The predicted octanol–water partition coefficient (Wildman–Crippen LogP) is 2.07. The summed E-state index contributed by atoms with van der Waals surface area (Å²) in [5.41, 5.74) is -0.267. The molecule has 1 aliphatic heterocycles. The fourth-order valence-electron chi connectivity index (χ4n) is 2.84. The molecule has 10 heteroatoms. The maximum atomic E-state index is 12.9. The molecular formula is C17H17F2N3O4S. The van der Waals surface area contributed by atoms with Gasteiger partial charge in [-0.2, -0.15) is 13.8 Å². The fourth-order valence-corrected chi connectivity index (χ4v) is 3.76. The Morgan fingerprint density at radius 3 is 2.74 bits per heavy atom. The van der Waals surface area contributed by atoms with Crippen molar-refractivity contribution in [1.29, 1.82) is 0 Å². The number of carbonyl (C=O) groups is 1. The number of aromatic nitrogens is 2. The molecule has 1 aromatic heterocycles. The van der Waals surface area contributed by atoms with Crippen LogP contribution in [0, 0.1) is 6.92 Å². The van der Waals surface area contributed by atoms with E-state index in [9.17, 15) is 22.0 Å². The van der Waals surface area contributed by atoms with Gasteiger partial charge in [0.2, 0.25) is 15.7 Å². The molecule has 0 unspecified atom stereocenters. The summed E-state index contributed by atoms with van der Waals surface area (Å²) in [6.45, 7) is 2.24. The first-order chi connectivity index (χ1) is 12.8. The summed E-state index contributed by atoms with van der Waals surface area (Å²) in [4.78, 5) is 21.5. The van der Waals surface area contributed by atoms with Crippen LogP contribution in [0.1, 0.15) is 22.6 Å². The average molecular weight is 397 g/mol. The summed E-state index contributed by atoms with van der Waals surface area (Å²) in [7, 11) is -4.88. The van der Waals surface area contributed by atoms with E-state index in [0.717, 1.165) is 6.07 Å². The van der Waals surface area contributed by atoms with E-state index in [2.05, 4.69) is 9.97 Å². The second kappa shape index (κ2) is 7.55. The summed E-state index contributed by atoms with van der Waals surface area (Å²) in [6.07, 6.45) is 1.74. The Morgan fingerprint density at radius 1 is 1.30 bits per heavy atom. The molecular weight excluding hydrogens is 380 g/mol. The SMILES string of the molecule is Cc1nccc(O[C@H]2CCN(C(=O)c3ccccc3S(=O)(=O)C(F)F)C2)n1. The van der Waals surface area contributed by atoms with Gasteiger partial charge in [-0.05, 0) is 19.1 Å². The molecule has 0 aliphatic carbocycles. The van der Waals surface area contributed by atoms with E-state index in [4.69, 9.17) is 4.74 Å². The van der Waals surface area contributed by atoms with E-state index in [0.29, 0.717) is 24.7 Å². The number of hydrogen-bond acceptors (Lipinski definition) is 6. The van der Waals surface area contributed by atoms with Crippen molar-refractivity contribution in [3.8, 4) is 5.88 Å². The second-order valence-electron chi connectivity index (χ2n) is 6.02. The summed E-state index contributed by atoms with van der Waals surface area (Å²) in [5.74, 6) is -3.30. The number of aryl methyl sites for hydroxylation is 1. The zero-order chi connectivity index (χ0) is 19.6. The van der Waals surface area contributed by atoms with Gasteiger partial charge in [0.25, 0.3) is 5.91 Å². The zero-order valence-electron chi connectivity index (χ0n) is 14.4. The van der Waals surface area contributed by atoms with Gasteiger partial charge < -0.3 is 9.64 Å². The lowest BCUT2D eigenvalue weighted by Gasteiger charge is -2.18. The highest BCUT2D eigenvalue weighted by Crippen LogP contribution is 2.25. The fraction of sp³-hybridized carbons (Fsp3) is 0.353. The van der Waals surface area contributed by atoms with Crippen molar-refractivity contribution in [2.45, 2.75) is 30.1 Å². The van der Waals surface area contributed by atoms with Crippen LogP contribution < -0.4 is 4.74 Å². The van der Waals surface area contributed by atoms with Crippen molar-refractivity contribution in [3.05, 3.63) is 47.9 Å². The molecule has 0 radical (unpaired) electrons. The molecule has 1 saturated heterocycles. The van der Waals surface area contributed by atoms with E-state index >= 15 is 0 Å². The first kappa shape index (κ1) is 19.2. The Balaban J connectivity index is 1.76. The Labute approximate surface area is 154 Å². The minimum Gasteiger partial charge on any atom is -0.472 e. The van der Waals surface area contributed by atoms with Gasteiger partial charge in [-0.15, -0.1) is 0 Å². The Bertz CT molecular complexity index is 953. The minimum atomic E-state index is -4.88. The molecule has 27 heavy (non-hydrogen) atoms. The van der Waals surface area contributed by atoms with E-state index in [1.54, 1.807) is 19.2 Å². The first-order valence-electron chi connectivity index (χ1n) is 8.15. The summed E-state index contributed by atoms with van der Waals surface area (Å²) < 4.78 is 55.2. The maximum Gasteiger partial charge on any atom is 0.341 e. The predicted molar refractivity (Wildman–Crippen MR) is 91.3 cm³/mol. The number of halogens is 2. The third-order valence-corrected chi connectivity index (χ3v) is 5.57. The summed E-state index contributed by atoms with van der Waals surface area (Å²) >= 11 is 0. The van der Waals surface area contributed by atoms with E-state index in [1.807, 2.05) is 0 Å². The van der Waals surface area contributed by atoms with Gasteiger partial charge in [0.05, 0.1) is 17.0 Å². The number of benzene rings is 1. The summed E-state index contributed by atoms with van der Waals surface area (Å²) in [5, 5.41) is 0. The normalized spacial score (nSPS) is 17.3. The number of alkyl halides is 2. The Hall–Kier alpha value is -2.62. The molecule has 0 saturated carbocycles. The van der Waals surface area contributed by atoms with Crippen molar-refractivity contribution in [3.63, 3.8) is 0 Å². The molecule has 0 spiro atoms. The van der Waals surface area contributed by atoms with Crippen LogP contribution in [-0.2, 0) is 9.84 Å². The number of ether oxygens (including phenoxy) is 1. The topological polar surface area (TPSA) is 89.5 Å². The lowest BCUT2D eigenvalue weighted by Crippen LogP contribution is -2.32. The highest BCUT2D eigenvalue weighted by atomic mass is 32.2. The van der Waals surface area contributed by atoms with Crippen LogP contribution in [-0.4, -0.2) is 54.1 Å². The molecule has 1 aromatic carbocycles. The Kier molecular flexibility index (Phi) is 5.36. The average Bonchev–Trinajstić information content (AvgIpc) is 3.09. The number of nitrogens with zero attached hydrogens (tertiary/aromatic N) is 3. The van der Waals surface area contributed by atoms with Gasteiger partial charge in [0.1, 0.15) is 11.9 Å². The van der Waals surface area contributed by atoms with E-state index in [-0.39, 0.29) is 18.2 Å². The van der Waals surface area contributed by atoms with Crippen LogP contribution in [0.5, 0.6) is 5.88 Å². The number of rotatable bonds is 5. The van der Waals surface area contributed by atoms with E-state index in [1.165, 1.54) is 23.1 Å². The third-order valence-electron chi connectivity index (χ3n) is 4.13. The molecule has 0 bridgehead atoms. The molecule has 3 rings (SSSR count).